The molecule has 3 aliphatic rings. The van der Waals surface area contributed by atoms with Gasteiger partial charge in [0.15, 0.2) is 0 Å². The lowest BCUT2D eigenvalue weighted by Gasteiger charge is -2.39. The Morgan fingerprint density at radius 1 is 1.18 bits per heavy atom. The minimum absolute atomic E-state index is 0. The van der Waals surface area contributed by atoms with E-state index in [-0.39, 0.29) is 12.4 Å². The molecule has 1 N–H and O–H groups in total. The van der Waals surface area contributed by atoms with Gasteiger partial charge in [-0.2, -0.15) is 0 Å². The molecule has 0 aromatic rings. The number of amides is 1. The van der Waals surface area contributed by atoms with Gasteiger partial charge in [0.1, 0.15) is 0 Å². The molecule has 2 atom stereocenters. The van der Waals surface area contributed by atoms with Crippen LogP contribution in [0.4, 0.5) is 0 Å². The Morgan fingerprint density at radius 2 is 1.86 bits per heavy atom. The molecular formula is C18H33ClN2O. The summed E-state index contributed by atoms with van der Waals surface area (Å²) in [5, 5.41) is 3.41. The normalized spacial score (nSPS) is 34.3. The van der Waals surface area contributed by atoms with Gasteiger partial charge in [-0.05, 0) is 68.4 Å². The highest BCUT2D eigenvalue weighted by Gasteiger charge is 2.50. The van der Waals surface area contributed by atoms with Crippen molar-refractivity contribution in [2.75, 3.05) is 19.6 Å². The van der Waals surface area contributed by atoms with Gasteiger partial charge in [-0.1, -0.05) is 20.8 Å². The number of halogens is 1. The van der Waals surface area contributed by atoms with Crippen LogP contribution >= 0.6 is 12.4 Å². The lowest BCUT2D eigenvalue weighted by Crippen LogP contribution is -2.38. The number of hydrogen-bond acceptors (Lipinski definition) is 2. The van der Waals surface area contributed by atoms with Gasteiger partial charge in [0, 0.05) is 19.0 Å². The number of carbonyl (C=O) groups is 1. The van der Waals surface area contributed by atoms with E-state index in [9.17, 15) is 4.79 Å². The average molecular weight is 329 g/mol. The van der Waals surface area contributed by atoms with Gasteiger partial charge in [-0.25, -0.2) is 0 Å². The molecule has 22 heavy (non-hydrogen) atoms. The van der Waals surface area contributed by atoms with Crippen molar-refractivity contribution in [2.45, 2.75) is 71.8 Å². The molecule has 0 spiro atoms. The van der Waals surface area contributed by atoms with Crippen molar-refractivity contribution in [1.29, 1.82) is 0 Å². The summed E-state index contributed by atoms with van der Waals surface area (Å²) in [6, 6.07) is 0.513. The van der Waals surface area contributed by atoms with Gasteiger partial charge in [0.05, 0.1) is 0 Å². The zero-order valence-corrected chi connectivity index (χ0v) is 15.3. The SMILES string of the molecule is CC1(C)CC2CC(C)(CN2C(=O)CCC2CCNCC2)C1.Cl. The Bertz CT molecular complexity index is 406. The molecule has 2 saturated heterocycles. The minimum Gasteiger partial charge on any atom is -0.339 e. The minimum atomic E-state index is 0. The molecule has 0 aromatic heterocycles. The molecule has 2 heterocycles. The molecule has 1 aliphatic carbocycles. The van der Waals surface area contributed by atoms with Crippen molar-refractivity contribution in [3.63, 3.8) is 0 Å². The maximum atomic E-state index is 12.7. The molecule has 128 valence electrons. The number of nitrogens with one attached hydrogen (secondary N) is 1. The largest absolute Gasteiger partial charge is 0.339 e. The smallest absolute Gasteiger partial charge is 0.222 e. The third-order valence-electron chi connectivity index (χ3n) is 5.96. The molecule has 3 fully saturated rings. The molecule has 2 aliphatic heterocycles. The summed E-state index contributed by atoms with van der Waals surface area (Å²) < 4.78 is 0. The van der Waals surface area contributed by atoms with Crippen molar-refractivity contribution in [1.82, 2.24) is 10.2 Å². The highest BCUT2D eigenvalue weighted by molar-refractivity contribution is 5.85. The standard InChI is InChI=1S/C18H32N2O.ClH/c1-17(2)10-15-11-18(3,12-17)13-20(15)16(21)5-4-14-6-8-19-9-7-14;/h14-15,19H,4-13H2,1-3H3;1H. The average Bonchev–Trinajstić information content (AvgIpc) is 2.66. The van der Waals surface area contributed by atoms with E-state index >= 15 is 0 Å². The van der Waals surface area contributed by atoms with Gasteiger partial charge >= 0.3 is 0 Å². The lowest BCUT2D eigenvalue weighted by molar-refractivity contribution is -0.132. The fraction of sp³-hybridized carbons (Fsp3) is 0.944. The van der Waals surface area contributed by atoms with Crippen LogP contribution in [0.25, 0.3) is 0 Å². The van der Waals surface area contributed by atoms with E-state index in [2.05, 4.69) is 31.0 Å². The van der Waals surface area contributed by atoms with Crippen LogP contribution in [0.2, 0.25) is 0 Å². The van der Waals surface area contributed by atoms with Gasteiger partial charge < -0.3 is 10.2 Å². The summed E-state index contributed by atoms with van der Waals surface area (Å²) in [5.74, 6) is 1.20. The first kappa shape index (κ1) is 18.1. The summed E-state index contributed by atoms with van der Waals surface area (Å²) in [4.78, 5) is 14.9. The number of carbonyl (C=O) groups excluding carboxylic acids is 1. The first-order valence-electron chi connectivity index (χ1n) is 8.87. The molecule has 0 radical (unpaired) electrons. The van der Waals surface area contributed by atoms with Crippen molar-refractivity contribution in [3.05, 3.63) is 0 Å². The van der Waals surface area contributed by atoms with Gasteiger partial charge in [-0.15, -0.1) is 12.4 Å². The highest BCUT2D eigenvalue weighted by atomic mass is 35.5. The number of likely N-dealkylation sites (tertiary alicyclic amines) is 1. The third-order valence-corrected chi connectivity index (χ3v) is 5.96. The zero-order chi connectivity index (χ0) is 15.1. The Balaban J connectivity index is 0.00000176. The van der Waals surface area contributed by atoms with E-state index in [4.69, 9.17) is 0 Å². The van der Waals surface area contributed by atoms with E-state index in [1.807, 2.05) is 0 Å². The Kier molecular flexibility index (Phi) is 5.49. The monoisotopic (exact) mass is 328 g/mol. The van der Waals surface area contributed by atoms with Crippen LogP contribution in [0.3, 0.4) is 0 Å². The molecule has 4 heteroatoms. The number of nitrogens with zero attached hydrogens (tertiary/aromatic N) is 1. The van der Waals surface area contributed by atoms with E-state index in [1.54, 1.807) is 0 Å². The van der Waals surface area contributed by atoms with E-state index < -0.39 is 0 Å². The number of rotatable bonds is 3. The Morgan fingerprint density at radius 3 is 2.55 bits per heavy atom. The molecule has 3 rings (SSSR count). The lowest BCUT2D eigenvalue weighted by atomic mass is 9.65. The first-order valence-corrected chi connectivity index (χ1v) is 8.87. The van der Waals surface area contributed by atoms with Crippen LogP contribution in [-0.4, -0.2) is 36.5 Å². The van der Waals surface area contributed by atoms with Crippen LogP contribution in [0.15, 0.2) is 0 Å². The summed E-state index contributed by atoms with van der Waals surface area (Å²) in [5.41, 5.74) is 0.776. The van der Waals surface area contributed by atoms with Gasteiger partial charge in [-0.3, -0.25) is 4.79 Å². The van der Waals surface area contributed by atoms with Crippen LogP contribution < -0.4 is 5.32 Å². The molecule has 1 saturated carbocycles. The van der Waals surface area contributed by atoms with Gasteiger partial charge in [0.2, 0.25) is 5.91 Å². The molecule has 2 bridgehead atoms. The second kappa shape index (κ2) is 6.68. The second-order valence-electron chi connectivity index (χ2n) is 8.97. The molecule has 0 aromatic carbocycles. The Hall–Kier alpha value is -0.280. The summed E-state index contributed by atoms with van der Waals surface area (Å²) in [6.45, 7) is 10.4. The quantitative estimate of drug-likeness (QED) is 0.858. The van der Waals surface area contributed by atoms with E-state index in [1.165, 1.54) is 32.1 Å². The number of piperidine rings is 1. The molecule has 3 nitrogen and oxygen atoms in total. The number of fused-ring (bicyclic) bond motifs is 2. The summed E-state index contributed by atoms with van der Waals surface area (Å²) >= 11 is 0. The van der Waals surface area contributed by atoms with Crippen molar-refractivity contribution < 1.29 is 4.79 Å². The molecule has 1 amide bonds. The summed E-state index contributed by atoms with van der Waals surface area (Å²) in [6.07, 6.45) is 8.08. The van der Waals surface area contributed by atoms with Crippen LogP contribution in [0.1, 0.15) is 65.7 Å². The van der Waals surface area contributed by atoms with Crippen molar-refractivity contribution in [2.24, 2.45) is 16.7 Å². The maximum absolute atomic E-state index is 12.7. The fourth-order valence-corrected chi connectivity index (χ4v) is 5.39. The van der Waals surface area contributed by atoms with Crippen LogP contribution in [0, 0.1) is 16.7 Å². The van der Waals surface area contributed by atoms with Gasteiger partial charge in [0.25, 0.3) is 0 Å². The number of hydrogen-bond donors (Lipinski definition) is 1. The first-order chi connectivity index (χ1) is 9.87. The topological polar surface area (TPSA) is 32.3 Å². The third kappa shape index (κ3) is 3.97. The van der Waals surface area contributed by atoms with Crippen molar-refractivity contribution >= 4 is 18.3 Å². The highest BCUT2D eigenvalue weighted by Crippen LogP contribution is 2.52. The molecular weight excluding hydrogens is 296 g/mol. The predicted molar refractivity (Wildman–Crippen MR) is 93.3 cm³/mol. The van der Waals surface area contributed by atoms with Crippen LogP contribution in [-0.2, 0) is 4.79 Å². The van der Waals surface area contributed by atoms with E-state index in [0.29, 0.717) is 22.8 Å². The zero-order valence-electron chi connectivity index (χ0n) is 14.5. The second-order valence-corrected chi connectivity index (χ2v) is 8.97. The summed E-state index contributed by atoms with van der Waals surface area (Å²) in [7, 11) is 0. The fourth-order valence-electron chi connectivity index (χ4n) is 5.39. The van der Waals surface area contributed by atoms with Crippen LogP contribution in [0.5, 0.6) is 0 Å². The van der Waals surface area contributed by atoms with Crippen molar-refractivity contribution in [3.8, 4) is 0 Å². The maximum Gasteiger partial charge on any atom is 0.222 e. The molecule has 2 unspecified atom stereocenters. The predicted octanol–water partition coefficient (Wildman–Crippen LogP) is 3.62. The Labute approximate surface area is 142 Å². The van der Waals surface area contributed by atoms with E-state index in [0.717, 1.165) is 38.4 Å².